The Morgan fingerprint density at radius 2 is 2.16 bits per heavy atom. The maximum absolute atomic E-state index is 13.4. The minimum atomic E-state index is -1.05. The van der Waals surface area contributed by atoms with Gasteiger partial charge in [0, 0.05) is 10.6 Å². The molecule has 0 heterocycles. The molecule has 1 aromatic carbocycles. The molecule has 6 heteroatoms. The first-order chi connectivity index (χ1) is 8.89. The van der Waals surface area contributed by atoms with Crippen LogP contribution in [-0.4, -0.2) is 28.9 Å². The van der Waals surface area contributed by atoms with E-state index in [1.165, 1.54) is 0 Å². The SMILES string of the molecule is CCNC(C)(CCSc1cc(F)ccc1F)C(=O)O. The lowest BCUT2D eigenvalue weighted by molar-refractivity contribution is -0.144. The van der Waals surface area contributed by atoms with Crippen LogP contribution in [-0.2, 0) is 4.79 Å². The van der Waals surface area contributed by atoms with Crippen molar-refractivity contribution in [3.8, 4) is 0 Å². The highest BCUT2D eigenvalue weighted by Gasteiger charge is 2.31. The Balaban J connectivity index is 2.62. The van der Waals surface area contributed by atoms with Crippen molar-refractivity contribution in [1.29, 1.82) is 0 Å². The van der Waals surface area contributed by atoms with Gasteiger partial charge in [0.1, 0.15) is 17.2 Å². The Labute approximate surface area is 115 Å². The number of benzene rings is 1. The summed E-state index contributed by atoms with van der Waals surface area (Å²) in [5, 5.41) is 12.0. The number of carboxylic acid groups (broad SMARTS) is 1. The van der Waals surface area contributed by atoms with Crippen LogP contribution in [0.2, 0.25) is 0 Å². The van der Waals surface area contributed by atoms with Crippen LogP contribution in [0.3, 0.4) is 0 Å². The van der Waals surface area contributed by atoms with Crippen LogP contribution in [0.4, 0.5) is 8.78 Å². The Bertz CT molecular complexity index is 456. The molecular formula is C13H17F2NO2S. The lowest BCUT2D eigenvalue weighted by Gasteiger charge is -2.25. The van der Waals surface area contributed by atoms with Crippen LogP contribution in [0.1, 0.15) is 20.3 Å². The van der Waals surface area contributed by atoms with Gasteiger partial charge in [-0.25, -0.2) is 8.78 Å². The van der Waals surface area contributed by atoms with Gasteiger partial charge in [0.05, 0.1) is 0 Å². The number of rotatable bonds is 7. The third-order valence-corrected chi connectivity index (χ3v) is 3.82. The van der Waals surface area contributed by atoms with Crippen molar-refractivity contribution < 1.29 is 18.7 Å². The van der Waals surface area contributed by atoms with Crippen molar-refractivity contribution in [3.63, 3.8) is 0 Å². The first-order valence-corrected chi connectivity index (χ1v) is 6.94. The first-order valence-electron chi connectivity index (χ1n) is 5.95. The van der Waals surface area contributed by atoms with Gasteiger partial charge < -0.3 is 10.4 Å². The first kappa shape index (κ1) is 15.9. The third-order valence-electron chi connectivity index (χ3n) is 2.79. The fraction of sp³-hybridized carbons (Fsp3) is 0.462. The van der Waals surface area contributed by atoms with Gasteiger partial charge in [-0.15, -0.1) is 11.8 Å². The van der Waals surface area contributed by atoms with Gasteiger partial charge in [0.2, 0.25) is 0 Å². The molecule has 0 radical (unpaired) electrons. The molecule has 0 fully saturated rings. The second-order valence-electron chi connectivity index (χ2n) is 4.34. The molecule has 0 aliphatic heterocycles. The van der Waals surface area contributed by atoms with E-state index < -0.39 is 23.1 Å². The van der Waals surface area contributed by atoms with Crippen molar-refractivity contribution in [2.45, 2.75) is 30.7 Å². The van der Waals surface area contributed by atoms with E-state index in [0.717, 1.165) is 30.0 Å². The number of halogens is 2. The number of nitrogens with one attached hydrogen (secondary N) is 1. The molecule has 106 valence electrons. The molecule has 1 aromatic rings. The average molecular weight is 289 g/mol. The van der Waals surface area contributed by atoms with Gasteiger partial charge >= 0.3 is 5.97 Å². The summed E-state index contributed by atoms with van der Waals surface area (Å²) < 4.78 is 26.3. The Kier molecular flexibility index (Phi) is 5.75. The molecule has 0 aliphatic rings. The standard InChI is InChI=1S/C13H17F2NO2S/c1-3-16-13(2,12(17)18)6-7-19-11-8-9(14)4-5-10(11)15/h4-5,8,16H,3,6-7H2,1-2H3,(H,17,18). The molecule has 1 atom stereocenters. The predicted octanol–water partition coefficient (Wildman–Crippen LogP) is 2.90. The van der Waals surface area contributed by atoms with Crippen LogP contribution in [0.25, 0.3) is 0 Å². The summed E-state index contributed by atoms with van der Waals surface area (Å²) in [5.41, 5.74) is -1.05. The van der Waals surface area contributed by atoms with Crippen molar-refractivity contribution in [3.05, 3.63) is 29.8 Å². The number of carboxylic acids is 1. The summed E-state index contributed by atoms with van der Waals surface area (Å²) in [6.45, 7) is 3.93. The molecule has 0 amide bonds. The molecule has 0 saturated heterocycles. The summed E-state index contributed by atoms with van der Waals surface area (Å²) in [4.78, 5) is 11.4. The molecule has 0 aromatic heterocycles. The van der Waals surface area contributed by atoms with E-state index in [9.17, 15) is 13.6 Å². The van der Waals surface area contributed by atoms with Gasteiger partial charge in [-0.05, 0) is 38.1 Å². The topological polar surface area (TPSA) is 49.3 Å². The van der Waals surface area contributed by atoms with Crippen molar-refractivity contribution in [2.75, 3.05) is 12.3 Å². The summed E-state index contributed by atoms with van der Waals surface area (Å²) in [7, 11) is 0. The van der Waals surface area contributed by atoms with Gasteiger partial charge in [0.15, 0.2) is 0 Å². The molecule has 19 heavy (non-hydrogen) atoms. The molecule has 0 bridgehead atoms. The van der Waals surface area contributed by atoms with Gasteiger partial charge in [-0.2, -0.15) is 0 Å². The summed E-state index contributed by atoms with van der Waals surface area (Å²) in [6.07, 6.45) is 0.316. The Hall–Kier alpha value is -1.14. The molecule has 2 N–H and O–H groups in total. The second-order valence-corrected chi connectivity index (χ2v) is 5.48. The van der Waals surface area contributed by atoms with E-state index in [2.05, 4.69) is 5.32 Å². The number of hydrogen-bond acceptors (Lipinski definition) is 3. The molecule has 1 rings (SSSR count). The van der Waals surface area contributed by atoms with Crippen LogP contribution in [0.15, 0.2) is 23.1 Å². The van der Waals surface area contributed by atoms with Gasteiger partial charge in [-0.1, -0.05) is 6.92 Å². The molecule has 0 spiro atoms. The number of likely N-dealkylation sites (N-methyl/N-ethyl adjacent to an activating group) is 1. The summed E-state index contributed by atoms with van der Waals surface area (Å²) in [6, 6.07) is 3.24. The lowest BCUT2D eigenvalue weighted by atomic mass is 9.99. The van der Waals surface area contributed by atoms with Crippen molar-refractivity contribution >= 4 is 17.7 Å². The van der Waals surface area contributed by atoms with Crippen LogP contribution < -0.4 is 5.32 Å². The van der Waals surface area contributed by atoms with E-state index in [-0.39, 0.29) is 4.90 Å². The fourth-order valence-corrected chi connectivity index (χ4v) is 2.75. The monoisotopic (exact) mass is 289 g/mol. The minimum absolute atomic E-state index is 0.198. The fourth-order valence-electron chi connectivity index (χ4n) is 1.61. The highest BCUT2D eigenvalue weighted by molar-refractivity contribution is 7.99. The zero-order chi connectivity index (χ0) is 14.5. The highest BCUT2D eigenvalue weighted by Crippen LogP contribution is 2.25. The Morgan fingerprint density at radius 3 is 2.74 bits per heavy atom. The van der Waals surface area contributed by atoms with E-state index >= 15 is 0 Å². The van der Waals surface area contributed by atoms with E-state index in [0.29, 0.717) is 18.7 Å². The van der Waals surface area contributed by atoms with E-state index in [1.54, 1.807) is 6.92 Å². The van der Waals surface area contributed by atoms with Crippen LogP contribution >= 0.6 is 11.8 Å². The third kappa shape index (κ3) is 4.47. The Morgan fingerprint density at radius 1 is 1.47 bits per heavy atom. The quantitative estimate of drug-likeness (QED) is 0.758. The molecule has 0 aliphatic carbocycles. The maximum atomic E-state index is 13.4. The lowest BCUT2D eigenvalue weighted by Crippen LogP contribution is -2.49. The van der Waals surface area contributed by atoms with Gasteiger partial charge in [0.25, 0.3) is 0 Å². The summed E-state index contributed by atoms with van der Waals surface area (Å²) >= 11 is 1.11. The number of thioether (sulfide) groups is 1. The van der Waals surface area contributed by atoms with E-state index in [1.807, 2.05) is 6.92 Å². The molecule has 0 saturated carbocycles. The van der Waals surface area contributed by atoms with Crippen LogP contribution in [0.5, 0.6) is 0 Å². The van der Waals surface area contributed by atoms with Crippen molar-refractivity contribution in [1.82, 2.24) is 5.32 Å². The molecule has 1 unspecified atom stereocenters. The molecule has 3 nitrogen and oxygen atoms in total. The highest BCUT2D eigenvalue weighted by atomic mass is 32.2. The largest absolute Gasteiger partial charge is 0.480 e. The number of aliphatic carboxylic acids is 1. The normalized spacial score (nSPS) is 14.1. The van der Waals surface area contributed by atoms with Crippen molar-refractivity contribution in [2.24, 2.45) is 0 Å². The predicted molar refractivity (Wildman–Crippen MR) is 71.4 cm³/mol. The number of hydrogen-bond donors (Lipinski definition) is 2. The second kappa shape index (κ2) is 6.86. The zero-order valence-electron chi connectivity index (χ0n) is 10.9. The zero-order valence-corrected chi connectivity index (χ0v) is 11.7. The smallest absolute Gasteiger partial charge is 0.323 e. The van der Waals surface area contributed by atoms with Gasteiger partial charge in [-0.3, -0.25) is 4.79 Å². The molecular weight excluding hydrogens is 272 g/mol. The summed E-state index contributed by atoms with van der Waals surface area (Å²) in [5.74, 6) is -1.56. The minimum Gasteiger partial charge on any atom is -0.480 e. The van der Waals surface area contributed by atoms with E-state index in [4.69, 9.17) is 5.11 Å². The average Bonchev–Trinajstić information content (AvgIpc) is 2.33. The maximum Gasteiger partial charge on any atom is 0.323 e. The number of carbonyl (C=O) groups is 1. The van der Waals surface area contributed by atoms with Crippen LogP contribution in [0, 0.1) is 11.6 Å².